The summed E-state index contributed by atoms with van der Waals surface area (Å²) < 4.78 is 2.14. The van der Waals surface area contributed by atoms with Gasteiger partial charge in [0.1, 0.15) is 0 Å². The third-order valence-electron chi connectivity index (χ3n) is 9.52. The highest BCUT2D eigenvalue weighted by Crippen LogP contribution is 2.41. The Morgan fingerprint density at radius 2 is 1.19 bits per heavy atom. The first-order chi connectivity index (χ1) is 26.1. The van der Waals surface area contributed by atoms with Crippen LogP contribution in [-0.4, -0.2) is 24.7 Å². The number of fused-ring (bicyclic) bond motifs is 3. The largest absolute Gasteiger partial charge is 0.275 e. The van der Waals surface area contributed by atoms with Crippen LogP contribution in [0.15, 0.2) is 182 Å². The molecule has 6 aromatic carbocycles. The van der Waals surface area contributed by atoms with E-state index in [1.165, 1.54) is 10.5 Å². The van der Waals surface area contributed by atoms with Gasteiger partial charge in [0.15, 0.2) is 11.6 Å². The van der Waals surface area contributed by atoms with E-state index in [1.54, 1.807) is 11.8 Å². The molecule has 0 saturated heterocycles. The molecule has 3 aromatic heterocycles. The standard InChI is InChI=1S/C47H33N5S/c1-31-14-9-10-23-43(31)53-32(2)37-27-38(29-39(28-37)42-30-35-19-12-24-48-44(35)45-41(42)22-13-25-49-45)34-17-11-18-36(26-34)47-51-50-46(33-15-5-3-6-16-33)52(47)40-20-7-4-8-21-40/h3-30H,2H2,1H3. The van der Waals surface area contributed by atoms with E-state index in [9.17, 15) is 0 Å². The Balaban J connectivity index is 1.22. The normalized spacial score (nSPS) is 11.3. The monoisotopic (exact) mass is 699 g/mol. The van der Waals surface area contributed by atoms with Gasteiger partial charge in [-0.2, -0.15) is 0 Å². The predicted molar refractivity (Wildman–Crippen MR) is 220 cm³/mol. The minimum Gasteiger partial charge on any atom is -0.275 e. The van der Waals surface area contributed by atoms with Gasteiger partial charge in [0.05, 0.1) is 11.0 Å². The minimum atomic E-state index is 0.770. The summed E-state index contributed by atoms with van der Waals surface area (Å²) >= 11 is 1.70. The van der Waals surface area contributed by atoms with Gasteiger partial charge in [0, 0.05) is 49.8 Å². The maximum Gasteiger partial charge on any atom is 0.168 e. The fraction of sp³-hybridized carbons (Fsp3) is 0.0213. The molecule has 0 saturated carbocycles. The number of hydrogen-bond donors (Lipinski definition) is 0. The van der Waals surface area contributed by atoms with Gasteiger partial charge in [-0.3, -0.25) is 14.5 Å². The fourth-order valence-electron chi connectivity index (χ4n) is 6.89. The topological polar surface area (TPSA) is 56.5 Å². The average molecular weight is 700 g/mol. The van der Waals surface area contributed by atoms with Crippen LogP contribution in [-0.2, 0) is 0 Å². The number of para-hydroxylation sites is 1. The Bertz CT molecular complexity index is 2790. The second-order valence-corrected chi connectivity index (χ2v) is 14.1. The molecule has 0 aliphatic carbocycles. The molecular formula is C47H33N5S. The molecule has 0 fully saturated rings. The molecule has 53 heavy (non-hydrogen) atoms. The molecule has 6 heteroatoms. The molecule has 0 bridgehead atoms. The van der Waals surface area contributed by atoms with Crippen molar-refractivity contribution in [1.82, 2.24) is 24.7 Å². The highest BCUT2D eigenvalue weighted by molar-refractivity contribution is 8.08. The van der Waals surface area contributed by atoms with E-state index in [-0.39, 0.29) is 0 Å². The summed E-state index contributed by atoms with van der Waals surface area (Å²) in [5, 5.41) is 11.6. The van der Waals surface area contributed by atoms with Crippen molar-refractivity contribution in [3.05, 3.63) is 188 Å². The van der Waals surface area contributed by atoms with Crippen molar-refractivity contribution in [3.63, 3.8) is 0 Å². The molecule has 0 radical (unpaired) electrons. The van der Waals surface area contributed by atoms with Crippen LogP contribution < -0.4 is 0 Å². The molecule has 9 aromatic rings. The summed E-state index contributed by atoms with van der Waals surface area (Å²) in [6, 6.07) is 54.8. The number of aryl methyl sites for hydroxylation is 1. The molecular weight excluding hydrogens is 667 g/mol. The first-order valence-electron chi connectivity index (χ1n) is 17.5. The summed E-state index contributed by atoms with van der Waals surface area (Å²) in [4.78, 5) is 11.7. The van der Waals surface area contributed by atoms with Crippen LogP contribution in [0.2, 0.25) is 0 Å². The van der Waals surface area contributed by atoms with Gasteiger partial charge in [-0.25, -0.2) is 0 Å². The Labute approximate surface area is 312 Å². The first kappa shape index (κ1) is 32.3. The zero-order chi connectivity index (χ0) is 35.7. The maximum atomic E-state index is 4.80. The summed E-state index contributed by atoms with van der Waals surface area (Å²) in [6.07, 6.45) is 3.67. The Morgan fingerprint density at radius 1 is 0.547 bits per heavy atom. The summed E-state index contributed by atoms with van der Waals surface area (Å²) in [5.41, 5.74) is 11.3. The molecule has 5 nitrogen and oxygen atoms in total. The number of hydrogen-bond acceptors (Lipinski definition) is 5. The van der Waals surface area contributed by atoms with Crippen molar-refractivity contribution in [2.45, 2.75) is 11.8 Å². The number of rotatable bonds is 8. The van der Waals surface area contributed by atoms with Crippen molar-refractivity contribution in [2.24, 2.45) is 0 Å². The third-order valence-corrected chi connectivity index (χ3v) is 10.7. The van der Waals surface area contributed by atoms with Gasteiger partial charge in [0.2, 0.25) is 0 Å². The van der Waals surface area contributed by atoms with Crippen LogP contribution in [0.25, 0.3) is 77.4 Å². The number of thioether (sulfide) groups is 1. The van der Waals surface area contributed by atoms with Crippen molar-refractivity contribution in [3.8, 4) is 50.7 Å². The second-order valence-electron chi connectivity index (χ2n) is 13.0. The van der Waals surface area contributed by atoms with Crippen LogP contribution in [0.1, 0.15) is 11.1 Å². The van der Waals surface area contributed by atoms with E-state index < -0.39 is 0 Å². The molecule has 0 spiro atoms. The SMILES string of the molecule is C=C(Sc1ccccc1C)c1cc(-c2cccc(-c3nnc(-c4ccccc4)n3-c3ccccc3)c2)cc(-c2cc3cccnc3c3ncccc23)c1. The predicted octanol–water partition coefficient (Wildman–Crippen LogP) is 12.1. The van der Waals surface area contributed by atoms with Crippen LogP contribution in [0.4, 0.5) is 0 Å². The lowest BCUT2D eigenvalue weighted by Crippen LogP contribution is -2.00. The van der Waals surface area contributed by atoms with E-state index in [0.29, 0.717) is 0 Å². The van der Waals surface area contributed by atoms with Crippen LogP contribution >= 0.6 is 11.8 Å². The van der Waals surface area contributed by atoms with Crippen LogP contribution in [0.3, 0.4) is 0 Å². The smallest absolute Gasteiger partial charge is 0.168 e. The molecule has 0 atom stereocenters. The van der Waals surface area contributed by atoms with Gasteiger partial charge in [-0.05, 0) is 101 Å². The first-order valence-corrected chi connectivity index (χ1v) is 18.3. The van der Waals surface area contributed by atoms with Crippen LogP contribution in [0.5, 0.6) is 0 Å². The lowest BCUT2D eigenvalue weighted by atomic mass is 9.92. The molecule has 0 aliphatic heterocycles. The van der Waals surface area contributed by atoms with Gasteiger partial charge < -0.3 is 0 Å². The zero-order valence-corrected chi connectivity index (χ0v) is 29.8. The second kappa shape index (κ2) is 13.8. The number of nitrogens with zero attached hydrogens (tertiary/aromatic N) is 5. The Hall–Kier alpha value is -6.63. The van der Waals surface area contributed by atoms with Crippen LogP contribution in [0, 0.1) is 6.92 Å². The summed E-state index contributed by atoms with van der Waals surface area (Å²) in [7, 11) is 0. The van der Waals surface area contributed by atoms with Crippen molar-refractivity contribution in [2.75, 3.05) is 0 Å². The lowest BCUT2D eigenvalue weighted by Gasteiger charge is -2.16. The van der Waals surface area contributed by atoms with E-state index >= 15 is 0 Å². The summed E-state index contributed by atoms with van der Waals surface area (Å²) in [5.74, 6) is 1.56. The van der Waals surface area contributed by atoms with Crippen molar-refractivity contribution < 1.29 is 0 Å². The number of aromatic nitrogens is 5. The molecule has 9 rings (SSSR count). The van der Waals surface area contributed by atoms with Gasteiger partial charge in [-0.15, -0.1) is 10.2 Å². The Kier molecular flexibility index (Phi) is 8.42. The minimum absolute atomic E-state index is 0.770. The Morgan fingerprint density at radius 3 is 2.00 bits per heavy atom. The highest BCUT2D eigenvalue weighted by Gasteiger charge is 2.19. The maximum absolute atomic E-state index is 4.80. The summed E-state index contributed by atoms with van der Waals surface area (Å²) in [6.45, 7) is 6.75. The van der Waals surface area contributed by atoms with E-state index in [4.69, 9.17) is 20.2 Å². The van der Waals surface area contributed by atoms with E-state index in [1.807, 2.05) is 60.9 Å². The fourth-order valence-corrected chi connectivity index (χ4v) is 7.77. The highest BCUT2D eigenvalue weighted by atomic mass is 32.2. The molecule has 0 unspecified atom stereocenters. The van der Waals surface area contributed by atoms with Crippen molar-refractivity contribution in [1.29, 1.82) is 0 Å². The van der Waals surface area contributed by atoms with Gasteiger partial charge in [-0.1, -0.05) is 115 Å². The quantitative estimate of drug-likeness (QED) is 0.117. The average Bonchev–Trinajstić information content (AvgIpc) is 3.67. The van der Waals surface area contributed by atoms with Gasteiger partial charge >= 0.3 is 0 Å². The van der Waals surface area contributed by atoms with Crippen molar-refractivity contribution >= 4 is 38.5 Å². The molecule has 3 heterocycles. The van der Waals surface area contributed by atoms with E-state index in [2.05, 4.69) is 127 Å². The molecule has 0 aliphatic rings. The van der Waals surface area contributed by atoms with Gasteiger partial charge in [0.25, 0.3) is 0 Å². The number of pyridine rings is 2. The van der Waals surface area contributed by atoms with E-state index in [0.717, 1.165) is 83.0 Å². The molecule has 0 amide bonds. The number of benzene rings is 6. The third kappa shape index (κ3) is 6.19. The molecule has 0 N–H and O–H groups in total. The molecule has 252 valence electrons. The lowest BCUT2D eigenvalue weighted by molar-refractivity contribution is 1.07. The zero-order valence-electron chi connectivity index (χ0n) is 29.0.